The van der Waals surface area contributed by atoms with Crippen molar-refractivity contribution < 1.29 is 13.9 Å². The standard InChI is InChI=1S/C26H39FO2/c1-4-6-8-20-9-11-21(12-10-20)17-29-25-16-15-24(26(27)19(25)3)22-13-14-23(7-5-2)28-18-22/h4,15-16,20-23H,1,5-14,17-18H2,2-3H3. The molecule has 0 radical (unpaired) electrons. The Kier molecular flexibility index (Phi) is 8.59. The summed E-state index contributed by atoms with van der Waals surface area (Å²) in [5.74, 6) is 2.22. The Hall–Kier alpha value is -1.35. The third kappa shape index (κ3) is 6.07. The summed E-state index contributed by atoms with van der Waals surface area (Å²) in [6.07, 6.45) is 14.1. The minimum Gasteiger partial charge on any atom is -0.493 e. The summed E-state index contributed by atoms with van der Waals surface area (Å²) in [5.41, 5.74) is 1.45. The molecule has 0 bridgehead atoms. The molecular weight excluding hydrogens is 363 g/mol. The van der Waals surface area contributed by atoms with E-state index >= 15 is 4.39 Å². The van der Waals surface area contributed by atoms with Crippen LogP contribution < -0.4 is 4.74 Å². The van der Waals surface area contributed by atoms with E-state index in [1.807, 2.05) is 25.1 Å². The normalized spacial score (nSPS) is 27.6. The van der Waals surface area contributed by atoms with E-state index in [4.69, 9.17) is 9.47 Å². The van der Waals surface area contributed by atoms with E-state index in [0.29, 0.717) is 36.5 Å². The number of hydrogen-bond acceptors (Lipinski definition) is 2. The molecule has 1 saturated heterocycles. The van der Waals surface area contributed by atoms with Gasteiger partial charge in [0.15, 0.2) is 0 Å². The fourth-order valence-corrected chi connectivity index (χ4v) is 5.01. The summed E-state index contributed by atoms with van der Waals surface area (Å²) in [6.45, 7) is 9.21. The van der Waals surface area contributed by atoms with Gasteiger partial charge < -0.3 is 9.47 Å². The maximum Gasteiger partial charge on any atom is 0.133 e. The highest BCUT2D eigenvalue weighted by Crippen LogP contribution is 2.36. The molecule has 1 heterocycles. The van der Waals surface area contributed by atoms with Crippen LogP contribution in [0, 0.1) is 24.6 Å². The minimum atomic E-state index is -0.0989. The average Bonchev–Trinajstić information content (AvgIpc) is 2.75. The molecule has 1 aliphatic carbocycles. The molecule has 29 heavy (non-hydrogen) atoms. The molecule has 0 amide bonds. The molecule has 2 nitrogen and oxygen atoms in total. The number of hydrogen-bond donors (Lipinski definition) is 0. The van der Waals surface area contributed by atoms with Crippen LogP contribution in [0.2, 0.25) is 0 Å². The highest BCUT2D eigenvalue weighted by Gasteiger charge is 2.26. The molecule has 1 aromatic carbocycles. The molecule has 3 heteroatoms. The van der Waals surface area contributed by atoms with Gasteiger partial charge in [-0.3, -0.25) is 0 Å². The van der Waals surface area contributed by atoms with Gasteiger partial charge in [-0.15, -0.1) is 6.58 Å². The van der Waals surface area contributed by atoms with Crippen molar-refractivity contribution in [3.8, 4) is 5.75 Å². The van der Waals surface area contributed by atoms with Crippen LogP contribution >= 0.6 is 0 Å². The van der Waals surface area contributed by atoms with Crippen molar-refractivity contribution >= 4 is 0 Å². The predicted molar refractivity (Wildman–Crippen MR) is 118 cm³/mol. The van der Waals surface area contributed by atoms with Gasteiger partial charge in [0.1, 0.15) is 11.6 Å². The van der Waals surface area contributed by atoms with Gasteiger partial charge in [-0.05, 0) is 75.3 Å². The van der Waals surface area contributed by atoms with Gasteiger partial charge >= 0.3 is 0 Å². The Morgan fingerprint density at radius 2 is 1.86 bits per heavy atom. The summed E-state index contributed by atoms with van der Waals surface area (Å²) in [7, 11) is 0. The molecule has 1 saturated carbocycles. The van der Waals surface area contributed by atoms with Crippen LogP contribution in [-0.4, -0.2) is 19.3 Å². The lowest BCUT2D eigenvalue weighted by atomic mass is 9.80. The zero-order valence-electron chi connectivity index (χ0n) is 18.4. The van der Waals surface area contributed by atoms with Gasteiger partial charge in [0, 0.05) is 11.5 Å². The van der Waals surface area contributed by atoms with E-state index in [1.54, 1.807) is 0 Å². The summed E-state index contributed by atoms with van der Waals surface area (Å²) in [5, 5.41) is 0. The number of allylic oxidation sites excluding steroid dienone is 1. The van der Waals surface area contributed by atoms with Crippen molar-refractivity contribution in [2.75, 3.05) is 13.2 Å². The van der Waals surface area contributed by atoms with Crippen molar-refractivity contribution in [1.29, 1.82) is 0 Å². The second kappa shape index (κ2) is 11.2. The first-order valence-electron chi connectivity index (χ1n) is 11.8. The summed E-state index contributed by atoms with van der Waals surface area (Å²) in [4.78, 5) is 0. The highest BCUT2D eigenvalue weighted by atomic mass is 19.1. The zero-order valence-corrected chi connectivity index (χ0v) is 18.4. The third-order valence-corrected chi connectivity index (χ3v) is 7.01. The van der Waals surface area contributed by atoms with Crippen LogP contribution in [0.1, 0.15) is 88.2 Å². The lowest BCUT2D eigenvalue weighted by molar-refractivity contribution is -0.00176. The van der Waals surface area contributed by atoms with Crippen molar-refractivity contribution in [2.45, 2.75) is 90.1 Å². The maximum atomic E-state index is 15.1. The van der Waals surface area contributed by atoms with E-state index in [2.05, 4.69) is 13.5 Å². The molecule has 0 N–H and O–H groups in total. The van der Waals surface area contributed by atoms with Gasteiger partial charge in [0.2, 0.25) is 0 Å². The second-order valence-electron chi connectivity index (χ2n) is 9.17. The van der Waals surface area contributed by atoms with Gasteiger partial charge in [0.05, 0.1) is 19.3 Å². The SMILES string of the molecule is C=CCCC1CCC(COc2ccc(C3CCC(CCC)OC3)c(F)c2C)CC1. The second-order valence-corrected chi connectivity index (χ2v) is 9.17. The van der Waals surface area contributed by atoms with E-state index in [1.165, 1.54) is 32.1 Å². The molecule has 2 aliphatic rings. The fraction of sp³-hybridized carbons (Fsp3) is 0.692. The largest absolute Gasteiger partial charge is 0.493 e. The molecule has 1 aliphatic heterocycles. The van der Waals surface area contributed by atoms with Gasteiger partial charge in [0.25, 0.3) is 0 Å². The molecular formula is C26H39FO2. The van der Waals surface area contributed by atoms with E-state index in [9.17, 15) is 0 Å². The smallest absolute Gasteiger partial charge is 0.133 e. The van der Waals surface area contributed by atoms with E-state index < -0.39 is 0 Å². The van der Waals surface area contributed by atoms with Crippen molar-refractivity contribution in [3.05, 3.63) is 41.7 Å². The Morgan fingerprint density at radius 1 is 1.10 bits per heavy atom. The summed E-state index contributed by atoms with van der Waals surface area (Å²) < 4.78 is 27.1. The molecule has 0 aromatic heterocycles. The van der Waals surface area contributed by atoms with Crippen LogP contribution in [0.5, 0.6) is 5.75 Å². The van der Waals surface area contributed by atoms with Crippen molar-refractivity contribution in [3.63, 3.8) is 0 Å². The molecule has 1 aromatic rings. The Balaban J connectivity index is 1.50. The van der Waals surface area contributed by atoms with E-state index in [-0.39, 0.29) is 11.7 Å². The topological polar surface area (TPSA) is 18.5 Å². The number of ether oxygens (including phenoxy) is 2. The van der Waals surface area contributed by atoms with Gasteiger partial charge in [-0.25, -0.2) is 4.39 Å². The van der Waals surface area contributed by atoms with Crippen molar-refractivity contribution in [1.82, 2.24) is 0 Å². The van der Waals surface area contributed by atoms with Crippen LogP contribution in [0.15, 0.2) is 24.8 Å². The Morgan fingerprint density at radius 3 is 2.52 bits per heavy atom. The monoisotopic (exact) mass is 402 g/mol. The fourth-order valence-electron chi connectivity index (χ4n) is 5.01. The third-order valence-electron chi connectivity index (χ3n) is 7.01. The lowest BCUT2D eigenvalue weighted by Gasteiger charge is -2.30. The zero-order chi connectivity index (χ0) is 20.6. The van der Waals surface area contributed by atoms with E-state index in [0.717, 1.165) is 43.6 Å². The van der Waals surface area contributed by atoms with Crippen LogP contribution in [0.25, 0.3) is 0 Å². The molecule has 0 spiro atoms. The molecule has 2 atom stereocenters. The van der Waals surface area contributed by atoms with Crippen LogP contribution in [0.4, 0.5) is 4.39 Å². The average molecular weight is 403 g/mol. The van der Waals surface area contributed by atoms with Crippen LogP contribution in [-0.2, 0) is 4.74 Å². The maximum absolute atomic E-state index is 15.1. The number of benzene rings is 1. The molecule has 2 unspecified atom stereocenters. The predicted octanol–water partition coefficient (Wildman–Crippen LogP) is 7.35. The van der Waals surface area contributed by atoms with Gasteiger partial charge in [-0.1, -0.05) is 38.3 Å². The molecule has 162 valence electrons. The van der Waals surface area contributed by atoms with Gasteiger partial charge in [-0.2, -0.15) is 0 Å². The first-order valence-corrected chi connectivity index (χ1v) is 11.8. The molecule has 3 rings (SSSR count). The number of halogens is 1. The van der Waals surface area contributed by atoms with Crippen molar-refractivity contribution in [2.24, 2.45) is 11.8 Å². The van der Waals surface area contributed by atoms with Crippen LogP contribution in [0.3, 0.4) is 0 Å². The first kappa shape index (κ1) is 22.3. The minimum absolute atomic E-state index is 0.0989. The number of rotatable bonds is 9. The Labute approximate surface area is 176 Å². The summed E-state index contributed by atoms with van der Waals surface area (Å²) >= 11 is 0. The molecule has 2 fully saturated rings. The quantitative estimate of drug-likeness (QED) is 0.402. The highest BCUT2D eigenvalue weighted by molar-refractivity contribution is 5.39. The summed E-state index contributed by atoms with van der Waals surface area (Å²) in [6, 6.07) is 3.90. The lowest BCUT2D eigenvalue weighted by Crippen LogP contribution is -2.25. The first-order chi connectivity index (χ1) is 14.1. The Bertz CT molecular complexity index is 640.